The Morgan fingerprint density at radius 3 is 2.19 bits per heavy atom. The van der Waals surface area contributed by atoms with E-state index in [-0.39, 0.29) is 0 Å². The van der Waals surface area contributed by atoms with Crippen LogP contribution in [0, 0.1) is 25.2 Å². The topological polar surface area (TPSA) is 0 Å². The molecule has 146 valence electrons. The van der Waals surface area contributed by atoms with E-state index in [0.717, 1.165) is 0 Å². The summed E-state index contributed by atoms with van der Waals surface area (Å²) in [7, 11) is 0. The van der Waals surface area contributed by atoms with Crippen LogP contribution < -0.4 is 0 Å². The van der Waals surface area contributed by atoms with Gasteiger partial charge in [0.25, 0.3) is 0 Å². The molecule has 2 aromatic carbocycles. The van der Waals surface area contributed by atoms with Crippen LogP contribution in [0.2, 0.25) is 0 Å². The molecule has 0 nitrogen and oxygen atoms in total. The van der Waals surface area contributed by atoms with Crippen LogP contribution in [0.4, 0.5) is 0 Å². The van der Waals surface area contributed by atoms with Gasteiger partial charge in [-0.3, -0.25) is 0 Å². The molecule has 2 aromatic rings. The maximum absolute atomic E-state index is 2.52. The van der Waals surface area contributed by atoms with Crippen LogP contribution in [-0.2, 0) is 0 Å². The third kappa shape index (κ3) is 5.12. The van der Waals surface area contributed by atoms with Crippen LogP contribution in [-0.4, -0.2) is 0 Å². The maximum Gasteiger partial charge on any atom is -0.0146 e. The summed E-state index contributed by atoms with van der Waals surface area (Å²) in [5, 5.41) is 0. The predicted octanol–water partition coefficient (Wildman–Crippen LogP) is 8.32. The molecule has 0 saturated carbocycles. The van der Waals surface area contributed by atoms with Gasteiger partial charge in [0.1, 0.15) is 0 Å². The molecule has 0 saturated heterocycles. The highest BCUT2D eigenvalue weighted by Crippen LogP contribution is 2.37. The Hall–Kier alpha value is -1.82. The Bertz CT molecular complexity index is 789. The zero-order chi connectivity index (χ0) is 20.2. The van der Waals surface area contributed by atoms with E-state index in [2.05, 4.69) is 104 Å². The van der Waals surface area contributed by atoms with Gasteiger partial charge in [0.15, 0.2) is 0 Å². The number of rotatable bonds is 7. The lowest BCUT2D eigenvalue weighted by Crippen LogP contribution is -2.20. The summed E-state index contributed by atoms with van der Waals surface area (Å²) in [6.07, 6.45) is 4.99. The van der Waals surface area contributed by atoms with E-state index >= 15 is 0 Å². The summed E-state index contributed by atoms with van der Waals surface area (Å²) in [4.78, 5) is 0. The van der Waals surface area contributed by atoms with Gasteiger partial charge in [-0.1, -0.05) is 96.5 Å². The highest BCUT2D eigenvalue weighted by atomic mass is 14.3. The lowest BCUT2D eigenvalue weighted by Gasteiger charge is -2.30. The number of aryl methyl sites for hydroxylation is 2. The van der Waals surface area contributed by atoms with E-state index < -0.39 is 0 Å². The zero-order valence-corrected chi connectivity index (χ0v) is 18.7. The fourth-order valence-corrected chi connectivity index (χ4v) is 4.06. The lowest BCUT2D eigenvalue weighted by molar-refractivity contribution is 0.252. The molecule has 1 unspecified atom stereocenters. The molecule has 0 aliphatic heterocycles. The second-order valence-corrected chi connectivity index (χ2v) is 9.15. The smallest absolute Gasteiger partial charge is 0.0146 e. The van der Waals surface area contributed by atoms with Gasteiger partial charge in [0.2, 0.25) is 0 Å². The number of benzene rings is 2. The van der Waals surface area contributed by atoms with Crippen molar-refractivity contribution in [1.29, 1.82) is 0 Å². The van der Waals surface area contributed by atoms with Gasteiger partial charge in [0, 0.05) is 0 Å². The fraction of sp³-hybridized carbons (Fsp3) is 0.481. The first kappa shape index (κ1) is 21.5. The van der Waals surface area contributed by atoms with Gasteiger partial charge in [-0.05, 0) is 70.9 Å². The van der Waals surface area contributed by atoms with Gasteiger partial charge < -0.3 is 0 Å². The highest BCUT2D eigenvalue weighted by molar-refractivity contribution is 5.82. The molecular formula is C27H38. The minimum Gasteiger partial charge on any atom is -0.0727 e. The molecule has 0 aliphatic rings. The van der Waals surface area contributed by atoms with Gasteiger partial charge in [-0.15, -0.1) is 0 Å². The molecule has 27 heavy (non-hydrogen) atoms. The predicted molar refractivity (Wildman–Crippen MR) is 121 cm³/mol. The van der Waals surface area contributed by atoms with Crippen molar-refractivity contribution in [3.8, 4) is 0 Å². The largest absolute Gasteiger partial charge is 0.0727 e. The summed E-state index contributed by atoms with van der Waals surface area (Å²) < 4.78 is 0. The van der Waals surface area contributed by atoms with Gasteiger partial charge in [0.05, 0.1) is 0 Å². The molecule has 1 atom stereocenters. The van der Waals surface area contributed by atoms with E-state index in [1.54, 1.807) is 0 Å². The van der Waals surface area contributed by atoms with E-state index in [1.165, 1.54) is 46.2 Å². The molecule has 0 heterocycles. The summed E-state index contributed by atoms with van der Waals surface area (Å²) >= 11 is 0. The molecule has 0 fully saturated rings. The number of hydrogen-bond donors (Lipinski definition) is 0. The molecule has 0 amide bonds. The quantitative estimate of drug-likeness (QED) is 0.464. The van der Waals surface area contributed by atoms with E-state index in [9.17, 15) is 0 Å². The Morgan fingerprint density at radius 1 is 0.963 bits per heavy atom. The van der Waals surface area contributed by atoms with Crippen LogP contribution in [0.25, 0.3) is 5.57 Å². The van der Waals surface area contributed by atoms with Crippen molar-refractivity contribution in [1.82, 2.24) is 0 Å². The van der Waals surface area contributed by atoms with Gasteiger partial charge in [-0.2, -0.15) is 0 Å². The normalized spacial score (nSPS) is 13.9. The van der Waals surface area contributed by atoms with Crippen molar-refractivity contribution in [2.45, 2.75) is 74.1 Å². The minimum absolute atomic E-state index is 0.301. The molecule has 2 rings (SSSR count). The third-order valence-corrected chi connectivity index (χ3v) is 6.18. The Kier molecular flexibility index (Phi) is 7.09. The SMILES string of the molecule is CCCC(C)(C)C(C)/C=C(/c1ccc(C(C)C)c(C)c1)c1ccccc1C. The van der Waals surface area contributed by atoms with Crippen molar-refractivity contribution >= 4 is 5.57 Å². The highest BCUT2D eigenvalue weighted by Gasteiger charge is 2.24. The number of allylic oxidation sites excluding steroid dienone is 1. The van der Waals surface area contributed by atoms with E-state index in [4.69, 9.17) is 0 Å². The molecule has 0 heteroatoms. The van der Waals surface area contributed by atoms with E-state index in [0.29, 0.717) is 17.3 Å². The van der Waals surface area contributed by atoms with Crippen LogP contribution in [0.15, 0.2) is 48.5 Å². The molecular weight excluding hydrogens is 324 g/mol. The van der Waals surface area contributed by atoms with Crippen LogP contribution in [0.5, 0.6) is 0 Å². The Balaban J connectivity index is 2.60. The summed E-state index contributed by atoms with van der Waals surface area (Å²) in [6.45, 7) is 18.5. The molecule has 0 N–H and O–H groups in total. The molecule has 0 bridgehead atoms. The Labute approximate surface area is 167 Å². The molecule has 0 spiro atoms. The third-order valence-electron chi connectivity index (χ3n) is 6.18. The maximum atomic E-state index is 2.52. The van der Waals surface area contributed by atoms with Crippen molar-refractivity contribution in [2.24, 2.45) is 11.3 Å². The lowest BCUT2D eigenvalue weighted by atomic mass is 9.74. The second kappa shape index (κ2) is 8.91. The minimum atomic E-state index is 0.301. The Morgan fingerprint density at radius 2 is 1.63 bits per heavy atom. The summed E-state index contributed by atoms with van der Waals surface area (Å²) in [6, 6.07) is 15.8. The van der Waals surface area contributed by atoms with Crippen LogP contribution in [0.1, 0.15) is 88.1 Å². The average molecular weight is 363 g/mol. The summed E-state index contributed by atoms with van der Waals surface area (Å²) in [5.74, 6) is 1.07. The van der Waals surface area contributed by atoms with Crippen molar-refractivity contribution in [3.05, 3.63) is 76.4 Å². The van der Waals surface area contributed by atoms with Crippen molar-refractivity contribution in [2.75, 3.05) is 0 Å². The van der Waals surface area contributed by atoms with Crippen LogP contribution in [0.3, 0.4) is 0 Å². The van der Waals surface area contributed by atoms with Gasteiger partial charge >= 0.3 is 0 Å². The molecule has 0 aliphatic carbocycles. The first-order chi connectivity index (χ1) is 12.7. The zero-order valence-electron chi connectivity index (χ0n) is 18.7. The fourth-order valence-electron chi connectivity index (χ4n) is 4.06. The van der Waals surface area contributed by atoms with Gasteiger partial charge in [-0.25, -0.2) is 0 Å². The second-order valence-electron chi connectivity index (χ2n) is 9.15. The molecule has 0 aromatic heterocycles. The average Bonchev–Trinajstić information content (AvgIpc) is 2.59. The first-order valence-corrected chi connectivity index (χ1v) is 10.6. The van der Waals surface area contributed by atoms with Crippen molar-refractivity contribution in [3.63, 3.8) is 0 Å². The van der Waals surface area contributed by atoms with E-state index in [1.807, 2.05) is 0 Å². The standard InChI is InChI=1S/C27H38/c1-9-16-27(7,8)22(6)18-26(25-13-11-10-12-20(25)4)23-14-15-24(19(2)3)21(5)17-23/h10-15,17-19,22H,9,16H2,1-8H3/b26-18-. The first-order valence-electron chi connectivity index (χ1n) is 10.6. The monoisotopic (exact) mass is 362 g/mol. The van der Waals surface area contributed by atoms with Crippen molar-refractivity contribution < 1.29 is 0 Å². The van der Waals surface area contributed by atoms with Crippen LogP contribution >= 0.6 is 0 Å². The number of hydrogen-bond acceptors (Lipinski definition) is 0. The summed E-state index contributed by atoms with van der Waals surface area (Å²) in [5.41, 5.74) is 8.55. The molecule has 0 radical (unpaired) electrons.